The first-order valence-electron chi connectivity index (χ1n) is 9.13. The number of benzene rings is 2. The minimum atomic E-state index is -0.389. The standard InChI is InChI=1S/C19H16ClNO2.C4H7F/c1-10-15-8-16(17(20)9-18(15)21-19(10)23)12-4-2-11(3-5-12)13-6-14(22)7-13;1-4(2)3-5/h2-5,8-9,13-14,22H,1,6-7H2,(H,21,23);1,3H2,2H3. The summed E-state index contributed by atoms with van der Waals surface area (Å²) in [6.07, 6.45) is 1.53. The zero-order chi connectivity index (χ0) is 20.4. The van der Waals surface area contributed by atoms with E-state index < -0.39 is 0 Å². The van der Waals surface area contributed by atoms with Crippen LogP contribution in [0.15, 0.2) is 55.1 Å². The summed E-state index contributed by atoms with van der Waals surface area (Å²) in [6, 6.07) is 12.0. The Morgan fingerprint density at radius 3 is 2.39 bits per heavy atom. The Labute approximate surface area is 169 Å². The van der Waals surface area contributed by atoms with Gasteiger partial charge in [0, 0.05) is 16.7 Å². The maximum atomic E-state index is 11.7. The van der Waals surface area contributed by atoms with E-state index in [1.54, 1.807) is 13.0 Å². The second-order valence-corrected chi connectivity index (χ2v) is 7.75. The highest BCUT2D eigenvalue weighted by Crippen LogP contribution is 2.41. The lowest BCUT2D eigenvalue weighted by Crippen LogP contribution is -2.26. The van der Waals surface area contributed by atoms with Crippen molar-refractivity contribution in [1.29, 1.82) is 0 Å². The van der Waals surface area contributed by atoms with E-state index in [0.29, 0.717) is 27.8 Å². The number of allylic oxidation sites excluding steroid dienone is 1. The Hall–Kier alpha value is -2.43. The lowest BCUT2D eigenvalue weighted by Gasteiger charge is -2.31. The van der Waals surface area contributed by atoms with Gasteiger partial charge in [0.25, 0.3) is 5.91 Å². The highest BCUT2D eigenvalue weighted by atomic mass is 35.5. The third-order valence-corrected chi connectivity index (χ3v) is 5.30. The maximum absolute atomic E-state index is 11.7. The fourth-order valence-corrected chi connectivity index (χ4v) is 3.54. The molecule has 0 aromatic heterocycles. The molecule has 0 atom stereocenters. The number of carbonyl (C=O) groups is 1. The highest BCUT2D eigenvalue weighted by molar-refractivity contribution is 6.36. The summed E-state index contributed by atoms with van der Waals surface area (Å²) in [5, 5.41) is 12.8. The van der Waals surface area contributed by atoms with Crippen LogP contribution in [-0.4, -0.2) is 23.8 Å². The summed E-state index contributed by atoms with van der Waals surface area (Å²) in [5.74, 6) is 0.281. The number of aliphatic hydroxyl groups is 1. The van der Waals surface area contributed by atoms with Gasteiger partial charge in [-0.3, -0.25) is 4.79 Å². The molecular weight excluding hydrogens is 377 g/mol. The van der Waals surface area contributed by atoms with Crippen LogP contribution < -0.4 is 5.32 Å². The molecule has 0 radical (unpaired) electrons. The number of hydrogen-bond donors (Lipinski definition) is 2. The largest absolute Gasteiger partial charge is 0.393 e. The van der Waals surface area contributed by atoms with Gasteiger partial charge in [-0.2, -0.15) is 0 Å². The summed E-state index contributed by atoms with van der Waals surface area (Å²) >= 11 is 6.38. The monoisotopic (exact) mass is 399 g/mol. The Kier molecular flexibility index (Phi) is 6.01. The molecule has 1 amide bonds. The normalized spacial score (nSPS) is 19.9. The first-order valence-corrected chi connectivity index (χ1v) is 9.50. The first kappa shape index (κ1) is 20.3. The molecule has 2 aromatic carbocycles. The van der Waals surface area contributed by atoms with Gasteiger partial charge in [-0.05, 0) is 54.5 Å². The number of anilines is 1. The maximum Gasteiger partial charge on any atom is 0.255 e. The van der Waals surface area contributed by atoms with Gasteiger partial charge in [0.1, 0.15) is 6.67 Å². The van der Waals surface area contributed by atoms with Crippen molar-refractivity contribution in [3.05, 3.63) is 71.3 Å². The fraction of sp³-hybridized carbons (Fsp3) is 0.261. The second-order valence-electron chi connectivity index (χ2n) is 7.35. The van der Waals surface area contributed by atoms with Crippen molar-refractivity contribution in [2.24, 2.45) is 0 Å². The van der Waals surface area contributed by atoms with E-state index in [1.165, 1.54) is 5.56 Å². The summed E-state index contributed by atoms with van der Waals surface area (Å²) < 4.78 is 11.0. The molecule has 0 spiro atoms. The summed E-state index contributed by atoms with van der Waals surface area (Å²) in [4.78, 5) is 11.7. The number of rotatable bonds is 3. The molecule has 1 aliphatic heterocycles. The quantitative estimate of drug-likeness (QED) is 0.510. The molecule has 0 bridgehead atoms. The van der Waals surface area contributed by atoms with Crippen molar-refractivity contribution >= 4 is 28.8 Å². The minimum absolute atomic E-state index is 0.151. The first-order chi connectivity index (χ1) is 13.3. The summed E-state index contributed by atoms with van der Waals surface area (Å²) in [7, 11) is 0. The number of halogens is 2. The van der Waals surface area contributed by atoms with Crippen LogP contribution in [0.1, 0.15) is 36.8 Å². The molecule has 28 heavy (non-hydrogen) atoms. The van der Waals surface area contributed by atoms with Gasteiger partial charge in [-0.15, -0.1) is 0 Å². The van der Waals surface area contributed by atoms with Gasteiger partial charge in [0.2, 0.25) is 0 Å². The molecule has 4 rings (SSSR count). The Morgan fingerprint density at radius 2 is 1.86 bits per heavy atom. The molecule has 1 fully saturated rings. The predicted molar refractivity (Wildman–Crippen MR) is 113 cm³/mol. The molecule has 1 saturated carbocycles. The van der Waals surface area contributed by atoms with Crippen LogP contribution in [0.4, 0.5) is 10.1 Å². The molecule has 2 aromatic rings. The molecule has 0 unspecified atom stereocenters. The minimum Gasteiger partial charge on any atom is -0.393 e. The van der Waals surface area contributed by atoms with Crippen molar-refractivity contribution < 1.29 is 14.3 Å². The summed E-state index contributed by atoms with van der Waals surface area (Å²) in [6.45, 7) is 8.39. The van der Waals surface area contributed by atoms with Crippen LogP contribution >= 0.6 is 11.6 Å². The van der Waals surface area contributed by atoms with Crippen LogP contribution in [0.3, 0.4) is 0 Å². The van der Waals surface area contributed by atoms with E-state index in [9.17, 15) is 14.3 Å². The molecule has 2 N–H and O–H groups in total. The van der Waals surface area contributed by atoms with Gasteiger partial charge in [0.05, 0.1) is 16.8 Å². The number of alkyl halides is 1. The van der Waals surface area contributed by atoms with Crippen molar-refractivity contribution in [3.63, 3.8) is 0 Å². The van der Waals surface area contributed by atoms with Crippen molar-refractivity contribution in [1.82, 2.24) is 0 Å². The average molecular weight is 400 g/mol. The van der Waals surface area contributed by atoms with Crippen LogP contribution in [0.25, 0.3) is 16.7 Å². The van der Waals surface area contributed by atoms with E-state index in [4.69, 9.17) is 11.6 Å². The molecule has 1 aliphatic carbocycles. The fourth-order valence-electron chi connectivity index (χ4n) is 3.26. The van der Waals surface area contributed by atoms with Gasteiger partial charge in [-0.25, -0.2) is 4.39 Å². The third kappa shape index (κ3) is 4.18. The van der Waals surface area contributed by atoms with E-state index in [1.807, 2.05) is 18.2 Å². The van der Waals surface area contributed by atoms with Crippen LogP contribution in [0, 0.1) is 0 Å². The number of hydrogen-bond acceptors (Lipinski definition) is 2. The van der Waals surface area contributed by atoms with Crippen molar-refractivity contribution in [2.45, 2.75) is 31.8 Å². The molecule has 5 heteroatoms. The van der Waals surface area contributed by atoms with E-state index >= 15 is 0 Å². The third-order valence-electron chi connectivity index (χ3n) is 4.99. The predicted octanol–water partition coefficient (Wildman–Crippen LogP) is 5.74. The number of amides is 1. The van der Waals surface area contributed by atoms with Gasteiger partial charge < -0.3 is 10.4 Å². The summed E-state index contributed by atoms with van der Waals surface area (Å²) in [5.41, 5.74) is 5.73. The van der Waals surface area contributed by atoms with Crippen LogP contribution in [0.5, 0.6) is 0 Å². The van der Waals surface area contributed by atoms with Crippen molar-refractivity contribution in [3.8, 4) is 11.1 Å². The van der Waals surface area contributed by atoms with E-state index in [0.717, 1.165) is 29.5 Å². The molecule has 0 saturated heterocycles. The Bertz CT molecular complexity index is 930. The smallest absolute Gasteiger partial charge is 0.255 e. The highest BCUT2D eigenvalue weighted by Gasteiger charge is 2.28. The van der Waals surface area contributed by atoms with E-state index in [2.05, 4.69) is 30.6 Å². The SMILES string of the molecule is C=C(C)CF.C=C1C(=O)Nc2cc(Cl)c(-c3ccc(C4CC(O)C4)cc3)cc21. The number of aliphatic hydroxyl groups excluding tert-OH is 1. The van der Waals surface area contributed by atoms with Crippen molar-refractivity contribution in [2.75, 3.05) is 12.0 Å². The molecular formula is C23H23ClFNO2. The topological polar surface area (TPSA) is 49.3 Å². The second kappa shape index (κ2) is 8.29. The van der Waals surface area contributed by atoms with Gasteiger partial charge in [0.15, 0.2) is 0 Å². The molecule has 2 aliphatic rings. The molecule has 146 valence electrons. The van der Waals surface area contributed by atoms with Crippen LogP contribution in [-0.2, 0) is 4.79 Å². The number of carbonyl (C=O) groups excluding carboxylic acids is 1. The number of fused-ring (bicyclic) bond motifs is 1. The molecule has 1 heterocycles. The Morgan fingerprint density at radius 1 is 1.25 bits per heavy atom. The zero-order valence-electron chi connectivity index (χ0n) is 15.8. The lowest BCUT2D eigenvalue weighted by molar-refractivity contribution is -0.110. The van der Waals surface area contributed by atoms with Gasteiger partial charge in [-0.1, -0.05) is 49.0 Å². The zero-order valence-corrected chi connectivity index (χ0v) is 16.5. The molecule has 3 nitrogen and oxygen atoms in total. The lowest BCUT2D eigenvalue weighted by atomic mass is 9.77. The number of nitrogens with one attached hydrogen (secondary N) is 1. The Balaban J connectivity index is 0.000000403. The van der Waals surface area contributed by atoms with E-state index in [-0.39, 0.29) is 18.7 Å². The average Bonchev–Trinajstić information content (AvgIpc) is 2.92. The van der Waals surface area contributed by atoms with Gasteiger partial charge >= 0.3 is 0 Å². The van der Waals surface area contributed by atoms with Crippen LogP contribution in [0.2, 0.25) is 5.02 Å².